The Hall–Kier alpha value is 0.160. The maximum absolute atomic E-state index is 12.2. The van der Waals surface area contributed by atoms with Crippen LogP contribution in [0.4, 0.5) is 0 Å². The first-order valence-electron chi connectivity index (χ1n) is 5.64. The third-order valence-corrected chi connectivity index (χ3v) is 5.95. The molecule has 0 bridgehead atoms. The Balaban J connectivity index is 2.78. The van der Waals surface area contributed by atoms with Gasteiger partial charge in [-0.05, 0) is 26.2 Å². The van der Waals surface area contributed by atoms with Gasteiger partial charge in [-0.1, -0.05) is 6.92 Å². The van der Waals surface area contributed by atoms with Gasteiger partial charge in [-0.15, -0.1) is 11.6 Å². The van der Waals surface area contributed by atoms with E-state index in [1.807, 2.05) is 13.8 Å². The predicted molar refractivity (Wildman–Crippen MR) is 66.8 cm³/mol. The molecule has 0 amide bonds. The summed E-state index contributed by atoms with van der Waals surface area (Å²) >= 11 is 6.13. The van der Waals surface area contributed by atoms with Crippen molar-refractivity contribution in [3.05, 3.63) is 0 Å². The van der Waals surface area contributed by atoms with Crippen molar-refractivity contribution in [3.8, 4) is 0 Å². The summed E-state index contributed by atoms with van der Waals surface area (Å²) in [6, 6.07) is -0.0295. The second-order valence-electron chi connectivity index (χ2n) is 4.76. The van der Waals surface area contributed by atoms with Crippen molar-refractivity contribution in [3.63, 3.8) is 0 Å². The molecule has 4 nitrogen and oxygen atoms in total. The van der Waals surface area contributed by atoms with E-state index in [9.17, 15) is 8.42 Å². The van der Waals surface area contributed by atoms with Gasteiger partial charge in [0, 0.05) is 26.2 Å². The Morgan fingerprint density at radius 2 is 2.00 bits per heavy atom. The molecule has 0 N–H and O–H groups in total. The molecule has 0 aromatic heterocycles. The van der Waals surface area contributed by atoms with Crippen LogP contribution in [0.1, 0.15) is 27.2 Å². The van der Waals surface area contributed by atoms with E-state index in [4.69, 9.17) is 11.6 Å². The average molecular weight is 269 g/mol. The third kappa shape index (κ3) is 2.88. The molecular formula is C10H21ClN2O2S. The first-order chi connectivity index (χ1) is 7.26. The van der Waals surface area contributed by atoms with Gasteiger partial charge in [0.25, 0.3) is 10.2 Å². The van der Waals surface area contributed by atoms with Crippen LogP contribution in [-0.2, 0) is 10.2 Å². The van der Waals surface area contributed by atoms with Crippen molar-refractivity contribution in [1.82, 2.24) is 8.61 Å². The Labute approximate surface area is 104 Å². The van der Waals surface area contributed by atoms with Crippen LogP contribution in [0.5, 0.6) is 0 Å². The number of alkyl halides is 1. The Bertz CT molecular complexity index is 332. The van der Waals surface area contributed by atoms with E-state index in [0.717, 1.165) is 6.42 Å². The summed E-state index contributed by atoms with van der Waals surface area (Å²) < 4.78 is 27.2. The summed E-state index contributed by atoms with van der Waals surface area (Å²) in [7, 11) is -1.72. The lowest BCUT2D eigenvalue weighted by atomic mass is 10.0. The molecule has 0 aromatic rings. The summed E-state index contributed by atoms with van der Waals surface area (Å²) in [6.45, 7) is 6.78. The van der Waals surface area contributed by atoms with E-state index in [1.54, 1.807) is 7.05 Å². The van der Waals surface area contributed by atoms with Crippen LogP contribution in [0.25, 0.3) is 0 Å². The quantitative estimate of drug-likeness (QED) is 0.729. The normalized spacial score (nSPS) is 28.9. The fraction of sp³-hybridized carbons (Fsp3) is 1.00. The maximum Gasteiger partial charge on any atom is 0.282 e. The minimum absolute atomic E-state index is 0.0295. The minimum atomic E-state index is -3.34. The summed E-state index contributed by atoms with van der Waals surface area (Å²) in [6.07, 6.45) is 0.833. The summed E-state index contributed by atoms with van der Waals surface area (Å²) in [5.74, 6) is 0.387. The van der Waals surface area contributed by atoms with E-state index in [1.165, 1.54) is 8.61 Å². The molecule has 1 aliphatic heterocycles. The summed E-state index contributed by atoms with van der Waals surface area (Å²) in [5, 5.41) is -0.0795. The first kappa shape index (κ1) is 14.2. The zero-order valence-corrected chi connectivity index (χ0v) is 11.9. The highest BCUT2D eigenvalue weighted by atomic mass is 35.5. The smallest absolute Gasteiger partial charge is 0.195 e. The molecule has 1 fully saturated rings. The lowest BCUT2D eigenvalue weighted by Gasteiger charge is -2.36. The van der Waals surface area contributed by atoms with Crippen molar-refractivity contribution in [1.29, 1.82) is 0 Å². The van der Waals surface area contributed by atoms with E-state index in [2.05, 4.69) is 6.92 Å². The van der Waals surface area contributed by atoms with E-state index < -0.39 is 10.2 Å². The van der Waals surface area contributed by atoms with Gasteiger partial charge in [0.2, 0.25) is 0 Å². The SMILES string of the molecule is CC1CCN(S(=O)(=O)N(C)C(C)C)CC1Cl. The van der Waals surface area contributed by atoms with Crippen molar-refractivity contribution in [2.75, 3.05) is 20.1 Å². The molecule has 1 aliphatic rings. The molecule has 0 aliphatic carbocycles. The van der Waals surface area contributed by atoms with Gasteiger partial charge >= 0.3 is 0 Å². The molecule has 16 heavy (non-hydrogen) atoms. The predicted octanol–water partition coefficient (Wildman–Crippen LogP) is 1.52. The van der Waals surface area contributed by atoms with Gasteiger partial charge in [0.05, 0.1) is 5.38 Å². The fourth-order valence-corrected chi connectivity index (χ4v) is 3.61. The van der Waals surface area contributed by atoms with Crippen LogP contribution in [0.2, 0.25) is 0 Å². The molecular weight excluding hydrogens is 248 g/mol. The molecule has 0 radical (unpaired) electrons. The fourth-order valence-electron chi connectivity index (χ4n) is 1.65. The molecule has 2 unspecified atom stereocenters. The van der Waals surface area contributed by atoms with Gasteiger partial charge in [-0.2, -0.15) is 17.0 Å². The summed E-state index contributed by atoms with van der Waals surface area (Å²) in [5.41, 5.74) is 0. The lowest BCUT2D eigenvalue weighted by molar-refractivity contribution is 0.267. The highest BCUT2D eigenvalue weighted by Crippen LogP contribution is 2.25. The van der Waals surface area contributed by atoms with Crippen LogP contribution < -0.4 is 0 Å². The number of piperidine rings is 1. The molecule has 96 valence electrons. The average Bonchev–Trinajstić information content (AvgIpc) is 2.20. The number of rotatable bonds is 3. The lowest BCUT2D eigenvalue weighted by Crippen LogP contribution is -2.50. The maximum atomic E-state index is 12.2. The number of hydrogen-bond acceptors (Lipinski definition) is 2. The summed E-state index contributed by atoms with van der Waals surface area (Å²) in [4.78, 5) is 0. The Morgan fingerprint density at radius 3 is 2.44 bits per heavy atom. The van der Waals surface area contributed by atoms with Crippen LogP contribution in [0, 0.1) is 5.92 Å². The zero-order valence-electron chi connectivity index (χ0n) is 10.4. The standard InChI is InChI=1S/C10H21ClN2O2S/c1-8(2)12(4)16(14,15)13-6-5-9(3)10(11)7-13/h8-10H,5-7H2,1-4H3. The van der Waals surface area contributed by atoms with Gasteiger partial charge in [-0.3, -0.25) is 0 Å². The molecule has 0 spiro atoms. The Morgan fingerprint density at radius 1 is 1.44 bits per heavy atom. The van der Waals surface area contributed by atoms with Crippen molar-refractivity contribution >= 4 is 21.8 Å². The topological polar surface area (TPSA) is 40.6 Å². The molecule has 0 aromatic carbocycles. The number of halogens is 1. The van der Waals surface area contributed by atoms with Crippen LogP contribution in [0.15, 0.2) is 0 Å². The van der Waals surface area contributed by atoms with Crippen LogP contribution in [-0.4, -0.2) is 48.6 Å². The zero-order chi connectivity index (χ0) is 12.5. The molecule has 0 saturated carbocycles. The largest absolute Gasteiger partial charge is 0.282 e. The molecule has 2 atom stereocenters. The number of hydrogen-bond donors (Lipinski definition) is 0. The third-order valence-electron chi connectivity index (χ3n) is 3.25. The van der Waals surface area contributed by atoms with Gasteiger partial charge in [0.1, 0.15) is 0 Å². The molecule has 1 saturated heterocycles. The molecule has 1 rings (SSSR count). The first-order valence-corrected chi connectivity index (χ1v) is 7.47. The van der Waals surface area contributed by atoms with Crippen molar-refractivity contribution in [2.45, 2.75) is 38.6 Å². The Kier molecular flexibility index (Phi) is 4.63. The second kappa shape index (κ2) is 5.21. The van der Waals surface area contributed by atoms with Crippen LogP contribution in [0.3, 0.4) is 0 Å². The van der Waals surface area contributed by atoms with E-state index in [0.29, 0.717) is 19.0 Å². The second-order valence-corrected chi connectivity index (χ2v) is 7.31. The van der Waals surface area contributed by atoms with E-state index in [-0.39, 0.29) is 11.4 Å². The highest BCUT2D eigenvalue weighted by Gasteiger charge is 2.34. The minimum Gasteiger partial charge on any atom is -0.195 e. The van der Waals surface area contributed by atoms with Gasteiger partial charge in [0.15, 0.2) is 0 Å². The number of nitrogens with zero attached hydrogens (tertiary/aromatic N) is 2. The van der Waals surface area contributed by atoms with Crippen LogP contribution >= 0.6 is 11.6 Å². The van der Waals surface area contributed by atoms with Gasteiger partial charge < -0.3 is 0 Å². The monoisotopic (exact) mass is 268 g/mol. The molecule has 1 heterocycles. The van der Waals surface area contributed by atoms with Gasteiger partial charge in [-0.25, -0.2) is 0 Å². The van der Waals surface area contributed by atoms with Crippen molar-refractivity contribution in [2.24, 2.45) is 5.92 Å². The van der Waals surface area contributed by atoms with E-state index >= 15 is 0 Å². The highest BCUT2D eigenvalue weighted by molar-refractivity contribution is 7.86. The van der Waals surface area contributed by atoms with Crippen molar-refractivity contribution < 1.29 is 8.42 Å². The molecule has 6 heteroatoms.